The Hall–Kier alpha value is -2.22. The van der Waals surface area contributed by atoms with Gasteiger partial charge in [0.05, 0.1) is 13.2 Å². The molecule has 0 amide bonds. The standard InChI is InChI=1S/C13H16N6OS/c1-4-8-5-15-12(21-8)7(2)19-10-9(18-13(19)14)11(20-3)17-6-16-10/h5-7H,4H2,1-3H3,(H2,14,18). The molecule has 3 aromatic rings. The molecule has 3 heterocycles. The SMILES string of the molecule is CCc1cnc(C(C)n2c(N)nc3c(OC)ncnc32)s1. The van der Waals surface area contributed by atoms with Crippen LogP contribution in [0.3, 0.4) is 0 Å². The number of nitrogens with zero attached hydrogens (tertiary/aromatic N) is 5. The zero-order valence-electron chi connectivity index (χ0n) is 12.1. The summed E-state index contributed by atoms with van der Waals surface area (Å²) >= 11 is 1.68. The quantitative estimate of drug-likeness (QED) is 0.793. The van der Waals surface area contributed by atoms with E-state index in [4.69, 9.17) is 10.5 Å². The van der Waals surface area contributed by atoms with Gasteiger partial charge in [0.2, 0.25) is 11.8 Å². The third-order valence-corrected chi connectivity index (χ3v) is 4.64. The number of anilines is 1. The molecule has 110 valence electrons. The van der Waals surface area contributed by atoms with Crippen molar-refractivity contribution in [1.29, 1.82) is 0 Å². The molecular formula is C13H16N6OS. The highest BCUT2D eigenvalue weighted by Gasteiger charge is 2.21. The third-order valence-electron chi connectivity index (χ3n) is 3.33. The number of methoxy groups -OCH3 is 1. The Bertz CT molecular complexity index is 780. The average molecular weight is 304 g/mol. The fourth-order valence-corrected chi connectivity index (χ4v) is 3.13. The summed E-state index contributed by atoms with van der Waals surface area (Å²) in [6, 6.07) is -0.0418. The number of hydrogen-bond acceptors (Lipinski definition) is 7. The Morgan fingerprint density at radius 2 is 2.19 bits per heavy atom. The summed E-state index contributed by atoms with van der Waals surface area (Å²) in [6.07, 6.45) is 4.33. The first-order valence-corrected chi connectivity index (χ1v) is 7.44. The van der Waals surface area contributed by atoms with Crippen molar-refractivity contribution in [2.75, 3.05) is 12.8 Å². The Labute approximate surface area is 125 Å². The molecule has 21 heavy (non-hydrogen) atoms. The largest absolute Gasteiger partial charge is 0.479 e. The van der Waals surface area contributed by atoms with Gasteiger partial charge in [-0.1, -0.05) is 6.92 Å². The zero-order valence-corrected chi connectivity index (χ0v) is 12.9. The van der Waals surface area contributed by atoms with Crippen LogP contribution < -0.4 is 10.5 Å². The fraction of sp³-hybridized carbons (Fsp3) is 0.385. The van der Waals surface area contributed by atoms with Crippen LogP contribution in [0.15, 0.2) is 12.5 Å². The topological polar surface area (TPSA) is 91.7 Å². The van der Waals surface area contributed by atoms with Crippen molar-refractivity contribution < 1.29 is 4.74 Å². The van der Waals surface area contributed by atoms with E-state index in [2.05, 4.69) is 26.9 Å². The van der Waals surface area contributed by atoms with E-state index in [0.717, 1.165) is 11.4 Å². The van der Waals surface area contributed by atoms with E-state index in [-0.39, 0.29) is 6.04 Å². The number of ether oxygens (including phenoxy) is 1. The van der Waals surface area contributed by atoms with Crippen LogP contribution in [-0.4, -0.2) is 31.6 Å². The third kappa shape index (κ3) is 2.21. The van der Waals surface area contributed by atoms with Crippen LogP contribution in [0.2, 0.25) is 0 Å². The second-order valence-electron chi connectivity index (χ2n) is 4.59. The summed E-state index contributed by atoms with van der Waals surface area (Å²) in [5, 5.41) is 0.982. The van der Waals surface area contributed by atoms with Crippen LogP contribution in [0.1, 0.15) is 29.8 Å². The molecule has 0 spiro atoms. The van der Waals surface area contributed by atoms with Gasteiger partial charge in [-0.2, -0.15) is 4.98 Å². The van der Waals surface area contributed by atoms with E-state index in [9.17, 15) is 0 Å². The molecule has 3 rings (SSSR count). The molecule has 1 atom stereocenters. The molecule has 0 aliphatic rings. The molecule has 0 aliphatic carbocycles. The van der Waals surface area contributed by atoms with E-state index >= 15 is 0 Å². The molecule has 0 fully saturated rings. The molecule has 0 aromatic carbocycles. The van der Waals surface area contributed by atoms with E-state index in [1.54, 1.807) is 18.4 Å². The average Bonchev–Trinajstić information content (AvgIpc) is 3.09. The highest BCUT2D eigenvalue weighted by molar-refractivity contribution is 7.11. The predicted octanol–water partition coefficient (Wildman–Crippen LogP) is 2.05. The lowest BCUT2D eigenvalue weighted by Gasteiger charge is -2.12. The molecule has 0 aliphatic heterocycles. The molecule has 2 N–H and O–H groups in total. The molecule has 0 bridgehead atoms. The number of imidazole rings is 1. The molecule has 0 saturated carbocycles. The van der Waals surface area contributed by atoms with Crippen molar-refractivity contribution >= 4 is 28.4 Å². The predicted molar refractivity (Wildman–Crippen MR) is 81.6 cm³/mol. The molecule has 0 saturated heterocycles. The van der Waals surface area contributed by atoms with Crippen molar-refractivity contribution in [3.8, 4) is 5.88 Å². The number of rotatable bonds is 4. The maximum Gasteiger partial charge on any atom is 0.245 e. The number of thiazole rings is 1. The Morgan fingerprint density at radius 3 is 2.86 bits per heavy atom. The number of nitrogens with two attached hydrogens (primary N) is 1. The second kappa shape index (κ2) is 5.28. The van der Waals surface area contributed by atoms with E-state index in [1.165, 1.54) is 11.2 Å². The number of aryl methyl sites for hydroxylation is 1. The van der Waals surface area contributed by atoms with Crippen LogP contribution in [0.5, 0.6) is 5.88 Å². The van der Waals surface area contributed by atoms with Gasteiger partial charge in [0, 0.05) is 11.1 Å². The maximum absolute atomic E-state index is 6.06. The van der Waals surface area contributed by atoms with Crippen LogP contribution in [0.4, 0.5) is 5.95 Å². The second-order valence-corrected chi connectivity index (χ2v) is 5.74. The Balaban J connectivity index is 2.13. The van der Waals surface area contributed by atoms with Gasteiger partial charge < -0.3 is 10.5 Å². The zero-order chi connectivity index (χ0) is 15.0. The van der Waals surface area contributed by atoms with Gasteiger partial charge in [-0.3, -0.25) is 4.57 Å². The molecule has 1 unspecified atom stereocenters. The molecular weight excluding hydrogens is 288 g/mol. The summed E-state index contributed by atoms with van der Waals surface area (Å²) in [5.74, 6) is 0.801. The monoisotopic (exact) mass is 304 g/mol. The van der Waals surface area contributed by atoms with Crippen molar-refractivity contribution in [2.45, 2.75) is 26.3 Å². The normalized spacial score (nSPS) is 12.7. The minimum Gasteiger partial charge on any atom is -0.479 e. The van der Waals surface area contributed by atoms with Crippen molar-refractivity contribution in [3.05, 3.63) is 22.4 Å². The van der Waals surface area contributed by atoms with Crippen LogP contribution in [0.25, 0.3) is 11.2 Å². The van der Waals surface area contributed by atoms with Crippen molar-refractivity contribution in [3.63, 3.8) is 0 Å². The minimum atomic E-state index is -0.0418. The Kier molecular flexibility index (Phi) is 3.46. The summed E-state index contributed by atoms with van der Waals surface area (Å²) in [6.45, 7) is 4.14. The maximum atomic E-state index is 6.06. The lowest BCUT2D eigenvalue weighted by Crippen LogP contribution is -2.10. The number of fused-ring (bicyclic) bond motifs is 1. The van der Waals surface area contributed by atoms with Gasteiger partial charge >= 0.3 is 0 Å². The van der Waals surface area contributed by atoms with Crippen LogP contribution in [-0.2, 0) is 6.42 Å². The van der Waals surface area contributed by atoms with Crippen molar-refractivity contribution in [1.82, 2.24) is 24.5 Å². The smallest absolute Gasteiger partial charge is 0.245 e. The summed E-state index contributed by atoms with van der Waals surface area (Å²) in [4.78, 5) is 18.4. The van der Waals surface area contributed by atoms with Gasteiger partial charge in [-0.25, -0.2) is 15.0 Å². The Morgan fingerprint density at radius 1 is 1.38 bits per heavy atom. The van der Waals surface area contributed by atoms with Crippen molar-refractivity contribution in [2.24, 2.45) is 0 Å². The van der Waals surface area contributed by atoms with E-state index in [1.807, 2.05) is 17.7 Å². The molecule has 7 nitrogen and oxygen atoms in total. The van der Waals surface area contributed by atoms with Gasteiger partial charge in [-0.05, 0) is 13.3 Å². The first kappa shape index (κ1) is 13.7. The van der Waals surface area contributed by atoms with Gasteiger partial charge in [-0.15, -0.1) is 11.3 Å². The highest BCUT2D eigenvalue weighted by Crippen LogP contribution is 2.31. The summed E-state index contributed by atoms with van der Waals surface area (Å²) < 4.78 is 7.07. The van der Waals surface area contributed by atoms with Crippen LogP contribution in [0, 0.1) is 0 Å². The first-order valence-electron chi connectivity index (χ1n) is 6.62. The van der Waals surface area contributed by atoms with Gasteiger partial charge in [0.25, 0.3) is 0 Å². The number of hydrogen-bond donors (Lipinski definition) is 1. The van der Waals surface area contributed by atoms with Crippen LogP contribution >= 0.6 is 11.3 Å². The number of nitrogen functional groups attached to an aromatic ring is 1. The van der Waals surface area contributed by atoms with Gasteiger partial charge in [0.1, 0.15) is 11.3 Å². The molecule has 8 heteroatoms. The van der Waals surface area contributed by atoms with E-state index < -0.39 is 0 Å². The highest BCUT2D eigenvalue weighted by atomic mass is 32.1. The summed E-state index contributed by atoms with van der Waals surface area (Å²) in [7, 11) is 1.55. The first-order chi connectivity index (χ1) is 10.2. The lowest BCUT2D eigenvalue weighted by atomic mass is 10.3. The van der Waals surface area contributed by atoms with Gasteiger partial charge in [0.15, 0.2) is 11.2 Å². The molecule has 3 aromatic heterocycles. The fourth-order valence-electron chi connectivity index (χ4n) is 2.23. The van der Waals surface area contributed by atoms with E-state index in [0.29, 0.717) is 23.0 Å². The minimum absolute atomic E-state index is 0.0418. The summed E-state index contributed by atoms with van der Waals surface area (Å²) in [5.41, 5.74) is 7.28. The number of aromatic nitrogens is 5. The molecule has 0 radical (unpaired) electrons. The lowest BCUT2D eigenvalue weighted by molar-refractivity contribution is 0.401.